The molecular formula is C18H20Cl2N2O4. The molecule has 1 aromatic rings. The van der Waals surface area contributed by atoms with Crippen molar-refractivity contribution >= 4 is 46.7 Å². The molecule has 2 bridgehead atoms. The Hall–Kier alpha value is -1.66. The number of carbonyl (C=O) groups is 3. The molecule has 1 amide bonds. The van der Waals surface area contributed by atoms with Gasteiger partial charge in [-0.25, -0.2) is 4.98 Å². The van der Waals surface area contributed by atoms with Gasteiger partial charge in [-0.2, -0.15) is 0 Å². The van der Waals surface area contributed by atoms with E-state index in [1.807, 2.05) is 0 Å². The van der Waals surface area contributed by atoms with Crippen molar-refractivity contribution in [2.75, 3.05) is 11.9 Å². The van der Waals surface area contributed by atoms with Gasteiger partial charge in [-0.15, -0.1) is 0 Å². The first-order valence-electron chi connectivity index (χ1n) is 8.67. The average molecular weight is 399 g/mol. The molecule has 8 heteroatoms. The number of esters is 1. The van der Waals surface area contributed by atoms with Crippen LogP contribution in [0.4, 0.5) is 5.82 Å². The number of nitrogens with one attached hydrogen (secondary N) is 1. The number of halogens is 2. The Labute approximate surface area is 161 Å². The minimum Gasteiger partial charge on any atom is -0.455 e. The third-order valence-electron chi connectivity index (χ3n) is 5.19. The number of rotatable bonds is 4. The van der Waals surface area contributed by atoms with Crippen LogP contribution in [0.25, 0.3) is 0 Å². The van der Waals surface area contributed by atoms with Gasteiger partial charge >= 0.3 is 5.97 Å². The summed E-state index contributed by atoms with van der Waals surface area (Å²) in [6.45, 7) is 1.29. The molecule has 140 valence electrons. The van der Waals surface area contributed by atoms with Gasteiger partial charge in [0.25, 0.3) is 5.91 Å². The summed E-state index contributed by atoms with van der Waals surface area (Å²) in [6.07, 6.45) is 5.18. The number of fused-ring (bicyclic) bond motifs is 2. The zero-order valence-corrected chi connectivity index (χ0v) is 15.9. The number of hydrogen-bond acceptors (Lipinski definition) is 5. The second-order valence-electron chi connectivity index (χ2n) is 6.95. The van der Waals surface area contributed by atoms with Gasteiger partial charge in [-0.3, -0.25) is 14.4 Å². The predicted molar refractivity (Wildman–Crippen MR) is 97.1 cm³/mol. The zero-order valence-electron chi connectivity index (χ0n) is 14.4. The first kappa shape index (κ1) is 19.1. The summed E-state index contributed by atoms with van der Waals surface area (Å²) in [6, 6.07) is 0. The van der Waals surface area contributed by atoms with Gasteiger partial charge in [0.1, 0.15) is 5.78 Å². The summed E-state index contributed by atoms with van der Waals surface area (Å²) in [4.78, 5) is 40.4. The molecular weight excluding hydrogens is 379 g/mol. The molecule has 0 saturated heterocycles. The highest BCUT2D eigenvalue weighted by Crippen LogP contribution is 2.40. The molecule has 1 heterocycles. The Morgan fingerprint density at radius 2 is 1.92 bits per heavy atom. The number of hydrogen-bond donors (Lipinski definition) is 1. The highest BCUT2D eigenvalue weighted by molar-refractivity contribution is 6.37. The van der Waals surface area contributed by atoms with Gasteiger partial charge in [0, 0.05) is 18.0 Å². The third kappa shape index (κ3) is 4.01. The van der Waals surface area contributed by atoms with E-state index in [-0.39, 0.29) is 34.4 Å². The number of pyridine rings is 1. The molecule has 2 saturated carbocycles. The summed E-state index contributed by atoms with van der Waals surface area (Å²) in [5.41, 5.74) is 0.606. The number of amides is 1. The SMILES string of the molecule is Cc1c(Cl)cnc(NC(=O)COC(=O)C2C[C@H]3CCC[C@H](C2)C3=O)c1Cl. The van der Waals surface area contributed by atoms with Crippen LogP contribution < -0.4 is 5.32 Å². The second kappa shape index (κ2) is 7.92. The van der Waals surface area contributed by atoms with Gasteiger partial charge in [-0.05, 0) is 38.2 Å². The van der Waals surface area contributed by atoms with Crippen LogP contribution >= 0.6 is 23.2 Å². The van der Waals surface area contributed by atoms with Crippen LogP contribution in [-0.4, -0.2) is 29.3 Å². The monoisotopic (exact) mass is 398 g/mol. The van der Waals surface area contributed by atoms with Crippen molar-refractivity contribution in [1.29, 1.82) is 0 Å². The number of aromatic nitrogens is 1. The van der Waals surface area contributed by atoms with Crippen molar-refractivity contribution in [1.82, 2.24) is 4.98 Å². The molecule has 2 aliphatic rings. The topological polar surface area (TPSA) is 85.4 Å². The number of carbonyl (C=O) groups excluding carboxylic acids is 3. The maximum absolute atomic E-state index is 12.3. The van der Waals surface area contributed by atoms with Crippen molar-refractivity contribution in [3.8, 4) is 0 Å². The first-order valence-corrected chi connectivity index (χ1v) is 9.43. The Balaban J connectivity index is 1.52. The zero-order chi connectivity index (χ0) is 18.8. The first-order chi connectivity index (χ1) is 12.4. The van der Waals surface area contributed by atoms with E-state index in [9.17, 15) is 14.4 Å². The van der Waals surface area contributed by atoms with Gasteiger partial charge in [0.05, 0.1) is 16.0 Å². The van der Waals surface area contributed by atoms with Gasteiger partial charge in [0.15, 0.2) is 12.4 Å². The van der Waals surface area contributed by atoms with Crippen LogP contribution in [0, 0.1) is 24.7 Å². The molecule has 0 aliphatic heterocycles. The fourth-order valence-electron chi connectivity index (χ4n) is 3.74. The molecule has 6 nitrogen and oxygen atoms in total. The van der Waals surface area contributed by atoms with Crippen molar-refractivity contribution in [2.24, 2.45) is 17.8 Å². The predicted octanol–water partition coefficient (Wildman–Crippen LogP) is 3.57. The normalized spacial score (nSPS) is 24.9. The molecule has 2 aliphatic carbocycles. The van der Waals surface area contributed by atoms with Crippen LogP contribution in [0.5, 0.6) is 0 Å². The van der Waals surface area contributed by atoms with E-state index in [1.165, 1.54) is 6.20 Å². The number of ketones is 1. The fourth-order valence-corrected chi connectivity index (χ4v) is 4.13. The highest BCUT2D eigenvalue weighted by Gasteiger charge is 2.41. The van der Waals surface area contributed by atoms with Crippen LogP contribution in [0.2, 0.25) is 10.0 Å². The smallest absolute Gasteiger partial charge is 0.309 e. The lowest BCUT2D eigenvalue weighted by Crippen LogP contribution is -2.40. The maximum Gasteiger partial charge on any atom is 0.309 e. The summed E-state index contributed by atoms with van der Waals surface area (Å²) >= 11 is 12.0. The molecule has 1 N–H and O–H groups in total. The molecule has 0 radical (unpaired) electrons. The standard InChI is InChI=1S/C18H20Cl2N2O4/c1-9-13(19)7-21-17(15(9)20)22-14(23)8-26-18(25)12-5-10-3-2-4-11(6-12)16(10)24/h7,10-12H,2-6,8H2,1H3,(H,21,22,23)/t10-,11-/m1/s1. The van der Waals surface area contributed by atoms with E-state index in [2.05, 4.69) is 10.3 Å². The Morgan fingerprint density at radius 1 is 1.27 bits per heavy atom. The maximum atomic E-state index is 12.3. The van der Waals surface area contributed by atoms with Crippen LogP contribution in [0.3, 0.4) is 0 Å². The number of Topliss-reactive ketones (excluding diaryl/α,β-unsaturated/α-hetero) is 1. The quantitative estimate of drug-likeness (QED) is 0.783. The van der Waals surface area contributed by atoms with Gasteiger partial charge in [0.2, 0.25) is 0 Å². The van der Waals surface area contributed by atoms with Crippen molar-refractivity contribution in [2.45, 2.75) is 39.0 Å². The van der Waals surface area contributed by atoms with Crippen molar-refractivity contribution in [3.63, 3.8) is 0 Å². The number of nitrogens with zero attached hydrogens (tertiary/aromatic N) is 1. The molecule has 0 aromatic carbocycles. The molecule has 26 heavy (non-hydrogen) atoms. The largest absolute Gasteiger partial charge is 0.455 e. The molecule has 0 unspecified atom stereocenters. The van der Waals surface area contributed by atoms with Gasteiger partial charge in [-0.1, -0.05) is 29.6 Å². The minimum absolute atomic E-state index is 0.0334. The van der Waals surface area contributed by atoms with Crippen molar-refractivity contribution in [3.05, 3.63) is 21.8 Å². The van der Waals surface area contributed by atoms with Crippen LogP contribution in [0.15, 0.2) is 6.20 Å². The van der Waals surface area contributed by atoms with E-state index >= 15 is 0 Å². The molecule has 2 fully saturated rings. The number of ether oxygens (including phenoxy) is 1. The van der Waals surface area contributed by atoms with E-state index in [0.717, 1.165) is 19.3 Å². The van der Waals surface area contributed by atoms with E-state index in [1.54, 1.807) is 6.92 Å². The minimum atomic E-state index is -0.526. The Kier molecular flexibility index (Phi) is 5.82. The summed E-state index contributed by atoms with van der Waals surface area (Å²) in [5, 5.41) is 3.16. The van der Waals surface area contributed by atoms with Gasteiger partial charge < -0.3 is 10.1 Å². The van der Waals surface area contributed by atoms with E-state index in [4.69, 9.17) is 27.9 Å². The second-order valence-corrected chi connectivity index (χ2v) is 7.73. The molecule has 2 atom stereocenters. The summed E-state index contributed by atoms with van der Waals surface area (Å²) in [5.74, 6) is -0.861. The Bertz CT molecular complexity index is 737. The molecule has 1 aromatic heterocycles. The summed E-state index contributed by atoms with van der Waals surface area (Å²) in [7, 11) is 0. The van der Waals surface area contributed by atoms with Crippen LogP contribution in [0.1, 0.15) is 37.7 Å². The fraction of sp³-hybridized carbons (Fsp3) is 0.556. The van der Waals surface area contributed by atoms with Crippen LogP contribution in [-0.2, 0) is 19.1 Å². The highest BCUT2D eigenvalue weighted by atomic mass is 35.5. The number of anilines is 1. The lowest BCUT2D eigenvalue weighted by molar-refractivity contribution is -0.155. The van der Waals surface area contributed by atoms with Crippen molar-refractivity contribution < 1.29 is 19.1 Å². The summed E-state index contributed by atoms with van der Waals surface area (Å²) < 4.78 is 5.15. The lowest BCUT2D eigenvalue weighted by atomic mass is 9.67. The van der Waals surface area contributed by atoms with E-state index < -0.39 is 18.5 Å². The third-order valence-corrected chi connectivity index (χ3v) is 6.03. The average Bonchev–Trinajstić information content (AvgIpc) is 2.60. The Morgan fingerprint density at radius 3 is 2.58 bits per heavy atom. The molecule has 0 spiro atoms. The lowest BCUT2D eigenvalue weighted by Gasteiger charge is -2.36. The van der Waals surface area contributed by atoms with E-state index in [0.29, 0.717) is 23.4 Å². The molecule has 3 rings (SSSR count).